The van der Waals surface area contributed by atoms with Crippen LogP contribution in [0.4, 0.5) is 0 Å². The minimum Gasteiger partial charge on any atom is -0.357 e. The van der Waals surface area contributed by atoms with Crippen molar-refractivity contribution in [3.63, 3.8) is 0 Å². The molecule has 2 N–H and O–H groups in total. The number of pyridine rings is 1. The van der Waals surface area contributed by atoms with E-state index in [-0.39, 0.29) is 24.0 Å². The molecule has 1 aromatic carbocycles. The number of fused-ring (bicyclic) bond motifs is 1. The van der Waals surface area contributed by atoms with Gasteiger partial charge in [0.05, 0.1) is 12.2 Å². The standard InChI is InChI=1S/C19H28N4.HI/c1-4-15(5-2)13-22-19(20-6-3)23-14-18-17-10-8-7-9-16(17)11-12-21-18;/h7-12,15H,4-6,13-14H2,1-3H3,(H2,20,22,23);1H. The molecule has 2 aromatic rings. The predicted molar refractivity (Wildman–Crippen MR) is 114 cm³/mol. The summed E-state index contributed by atoms with van der Waals surface area (Å²) in [4.78, 5) is 9.21. The van der Waals surface area contributed by atoms with Gasteiger partial charge in [-0.3, -0.25) is 4.98 Å². The van der Waals surface area contributed by atoms with Gasteiger partial charge in [0.25, 0.3) is 0 Å². The zero-order chi connectivity index (χ0) is 16.5. The maximum absolute atomic E-state index is 4.71. The summed E-state index contributed by atoms with van der Waals surface area (Å²) in [7, 11) is 0. The van der Waals surface area contributed by atoms with Gasteiger partial charge in [-0.15, -0.1) is 24.0 Å². The Labute approximate surface area is 162 Å². The first kappa shape index (κ1) is 20.7. The van der Waals surface area contributed by atoms with E-state index in [2.05, 4.69) is 54.6 Å². The van der Waals surface area contributed by atoms with Crippen LogP contribution in [0, 0.1) is 5.92 Å². The first-order valence-electron chi connectivity index (χ1n) is 8.63. The van der Waals surface area contributed by atoms with Crippen LogP contribution in [0.15, 0.2) is 41.5 Å². The molecule has 0 amide bonds. The lowest BCUT2D eigenvalue weighted by Crippen LogP contribution is -2.39. The van der Waals surface area contributed by atoms with Crippen LogP contribution < -0.4 is 10.6 Å². The Hall–Kier alpha value is -1.37. The number of hydrogen-bond donors (Lipinski definition) is 2. The fourth-order valence-electron chi connectivity index (χ4n) is 2.62. The van der Waals surface area contributed by atoms with Crippen molar-refractivity contribution in [2.45, 2.75) is 40.2 Å². The van der Waals surface area contributed by atoms with Gasteiger partial charge in [0, 0.05) is 24.7 Å². The maximum atomic E-state index is 4.71. The van der Waals surface area contributed by atoms with Crippen LogP contribution in [0.2, 0.25) is 0 Å². The highest BCUT2D eigenvalue weighted by Gasteiger charge is 2.06. The van der Waals surface area contributed by atoms with Gasteiger partial charge in [0.1, 0.15) is 0 Å². The molecule has 2 rings (SSSR count). The highest BCUT2D eigenvalue weighted by atomic mass is 127. The van der Waals surface area contributed by atoms with Gasteiger partial charge in [-0.05, 0) is 24.3 Å². The van der Waals surface area contributed by atoms with Crippen molar-refractivity contribution in [3.05, 3.63) is 42.2 Å². The maximum Gasteiger partial charge on any atom is 0.191 e. The molecule has 0 saturated carbocycles. The van der Waals surface area contributed by atoms with E-state index in [1.54, 1.807) is 0 Å². The van der Waals surface area contributed by atoms with Crippen LogP contribution in [0.25, 0.3) is 10.8 Å². The lowest BCUT2D eigenvalue weighted by molar-refractivity contribution is 0.481. The number of halogens is 1. The van der Waals surface area contributed by atoms with E-state index in [4.69, 9.17) is 4.99 Å². The largest absolute Gasteiger partial charge is 0.357 e. The molecule has 0 atom stereocenters. The zero-order valence-corrected chi connectivity index (χ0v) is 17.2. The number of aliphatic imine (C=N–C) groups is 1. The van der Waals surface area contributed by atoms with Gasteiger partial charge in [0.2, 0.25) is 0 Å². The van der Waals surface area contributed by atoms with Gasteiger partial charge < -0.3 is 10.6 Å². The van der Waals surface area contributed by atoms with Crippen LogP contribution >= 0.6 is 24.0 Å². The summed E-state index contributed by atoms with van der Waals surface area (Å²) in [5.41, 5.74) is 1.02. The smallest absolute Gasteiger partial charge is 0.191 e. The molecule has 0 aliphatic heterocycles. The number of rotatable bonds is 7. The molecule has 0 aliphatic carbocycles. The van der Waals surface area contributed by atoms with Gasteiger partial charge in [-0.25, -0.2) is 4.99 Å². The average molecular weight is 440 g/mol. The Kier molecular flexibility index (Phi) is 9.67. The van der Waals surface area contributed by atoms with Gasteiger partial charge in [0.15, 0.2) is 5.96 Å². The Bertz CT molecular complexity index is 633. The molecule has 24 heavy (non-hydrogen) atoms. The second kappa shape index (κ2) is 11.2. The van der Waals surface area contributed by atoms with Crippen molar-refractivity contribution >= 4 is 40.7 Å². The zero-order valence-electron chi connectivity index (χ0n) is 14.9. The quantitative estimate of drug-likeness (QED) is 0.383. The Balaban J connectivity index is 0.00000288. The molecule has 1 heterocycles. The van der Waals surface area contributed by atoms with Crippen LogP contribution in [0.1, 0.15) is 39.3 Å². The fourth-order valence-corrected chi connectivity index (χ4v) is 2.62. The molecule has 0 saturated heterocycles. The van der Waals surface area contributed by atoms with E-state index in [0.29, 0.717) is 12.5 Å². The third-order valence-corrected chi connectivity index (χ3v) is 4.20. The van der Waals surface area contributed by atoms with Crippen LogP contribution in [0.3, 0.4) is 0 Å². The number of nitrogens with one attached hydrogen (secondary N) is 2. The molecule has 0 unspecified atom stereocenters. The lowest BCUT2D eigenvalue weighted by atomic mass is 10.0. The van der Waals surface area contributed by atoms with E-state index in [0.717, 1.165) is 24.7 Å². The second-order valence-electron chi connectivity index (χ2n) is 5.74. The molecule has 0 spiro atoms. The molecule has 5 heteroatoms. The number of hydrogen-bond acceptors (Lipinski definition) is 2. The Morgan fingerprint density at radius 3 is 2.54 bits per heavy atom. The van der Waals surface area contributed by atoms with Crippen molar-refractivity contribution in [2.75, 3.05) is 13.1 Å². The highest BCUT2D eigenvalue weighted by molar-refractivity contribution is 14.0. The lowest BCUT2D eigenvalue weighted by Gasteiger charge is -2.16. The average Bonchev–Trinajstić information content (AvgIpc) is 2.60. The molecule has 1 aromatic heterocycles. The molecule has 0 bridgehead atoms. The van der Waals surface area contributed by atoms with E-state index >= 15 is 0 Å². The fraction of sp³-hybridized carbons (Fsp3) is 0.474. The van der Waals surface area contributed by atoms with Gasteiger partial charge in [-0.2, -0.15) is 0 Å². The second-order valence-corrected chi connectivity index (χ2v) is 5.74. The van der Waals surface area contributed by atoms with E-state index in [9.17, 15) is 0 Å². The predicted octanol–water partition coefficient (Wildman–Crippen LogP) is 4.34. The minimum absolute atomic E-state index is 0. The Morgan fingerprint density at radius 1 is 1.08 bits per heavy atom. The summed E-state index contributed by atoms with van der Waals surface area (Å²) in [6.07, 6.45) is 4.24. The van der Waals surface area contributed by atoms with E-state index in [1.807, 2.05) is 18.3 Å². The summed E-state index contributed by atoms with van der Waals surface area (Å²) in [6, 6.07) is 10.4. The summed E-state index contributed by atoms with van der Waals surface area (Å²) in [5.74, 6) is 1.56. The van der Waals surface area contributed by atoms with E-state index < -0.39 is 0 Å². The topological polar surface area (TPSA) is 49.3 Å². The summed E-state index contributed by atoms with van der Waals surface area (Å²) >= 11 is 0. The van der Waals surface area contributed by atoms with Crippen molar-refractivity contribution in [3.8, 4) is 0 Å². The molecule has 132 valence electrons. The van der Waals surface area contributed by atoms with Gasteiger partial charge >= 0.3 is 0 Å². The first-order chi connectivity index (χ1) is 11.3. The summed E-state index contributed by atoms with van der Waals surface area (Å²) in [6.45, 7) is 8.96. The number of nitrogens with zero attached hydrogens (tertiary/aromatic N) is 2. The molecular formula is C19H29IN4. The van der Waals surface area contributed by atoms with E-state index in [1.165, 1.54) is 23.6 Å². The molecule has 0 radical (unpaired) electrons. The summed E-state index contributed by atoms with van der Waals surface area (Å²) < 4.78 is 0. The molecule has 4 nitrogen and oxygen atoms in total. The van der Waals surface area contributed by atoms with Crippen molar-refractivity contribution < 1.29 is 0 Å². The van der Waals surface area contributed by atoms with Gasteiger partial charge in [-0.1, -0.05) is 51.0 Å². The van der Waals surface area contributed by atoms with Crippen LogP contribution in [-0.2, 0) is 6.54 Å². The Morgan fingerprint density at radius 2 is 1.83 bits per heavy atom. The highest BCUT2D eigenvalue weighted by Crippen LogP contribution is 2.16. The molecular weight excluding hydrogens is 411 g/mol. The molecule has 0 aliphatic rings. The van der Waals surface area contributed by atoms with Crippen molar-refractivity contribution in [1.29, 1.82) is 0 Å². The number of guanidine groups is 1. The summed E-state index contributed by atoms with van der Waals surface area (Å²) in [5, 5.41) is 9.15. The number of benzene rings is 1. The number of aromatic nitrogens is 1. The third-order valence-electron chi connectivity index (χ3n) is 4.20. The third kappa shape index (κ3) is 5.92. The van der Waals surface area contributed by atoms with Crippen molar-refractivity contribution in [2.24, 2.45) is 10.9 Å². The minimum atomic E-state index is 0. The SMILES string of the molecule is CCNC(=NCc1nccc2ccccc12)NCC(CC)CC.I. The van der Waals surface area contributed by atoms with Crippen LogP contribution in [-0.4, -0.2) is 24.0 Å². The molecule has 0 fully saturated rings. The van der Waals surface area contributed by atoms with Crippen molar-refractivity contribution in [1.82, 2.24) is 15.6 Å². The van der Waals surface area contributed by atoms with Crippen LogP contribution in [0.5, 0.6) is 0 Å². The monoisotopic (exact) mass is 440 g/mol. The first-order valence-corrected chi connectivity index (χ1v) is 8.63. The normalized spacial score (nSPS) is 11.4.